The van der Waals surface area contributed by atoms with E-state index in [4.69, 9.17) is 10.5 Å². The molecule has 2 N–H and O–H groups in total. The molecule has 2 rings (SSSR count). The van der Waals surface area contributed by atoms with Crippen LogP contribution >= 0.6 is 0 Å². The van der Waals surface area contributed by atoms with Gasteiger partial charge < -0.3 is 15.4 Å². The van der Waals surface area contributed by atoms with Crippen molar-refractivity contribution in [1.29, 1.82) is 0 Å². The summed E-state index contributed by atoms with van der Waals surface area (Å²) in [4.78, 5) is 13.7. The Hall–Kier alpha value is -1.69. The summed E-state index contributed by atoms with van der Waals surface area (Å²) in [5.41, 5.74) is 4.57. The van der Waals surface area contributed by atoms with Gasteiger partial charge in [-0.25, -0.2) is 8.78 Å². The summed E-state index contributed by atoms with van der Waals surface area (Å²) < 4.78 is 32.2. The van der Waals surface area contributed by atoms with Gasteiger partial charge in [0.25, 0.3) is 5.91 Å². The van der Waals surface area contributed by atoms with Gasteiger partial charge in [0.2, 0.25) is 0 Å². The van der Waals surface area contributed by atoms with Crippen LogP contribution in [0, 0.1) is 11.6 Å². The molecule has 1 aliphatic rings. The van der Waals surface area contributed by atoms with Gasteiger partial charge in [-0.15, -0.1) is 0 Å². The number of nitrogens with zero attached hydrogens (tertiary/aromatic N) is 1. The highest BCUT2D eigenvalue weighted by atomic mass is 19.1. The molecule has 0 unspecified atom stereocenters. The molecule has 0 spiro atoms. The van der Waals surface area contributed by atoms with E-state index >= 15 is 0 Å². The molecule has 0 saturated carbocycles. The normalized spacial score (nSPS) is 23.5. The Kier molecular flexibility index (Phi) is 3.71. The first-order valence-corrected chi connectivity index (χ1v) is 6.07. The number of morpholine rings is 1. The summed E-state index contributed by atoms with van der Waals surface area (Å²) in [5.74, 6) is -2.25. The van der Waals surface area contributed by atoms with Crippen molar-refractivity contribution in [2.75, 3.05) is 18.8 Å². The van der Waals surface area contributed by atoms with Crippen LogP contribution in [0.1, 0.15) is 24.2 Å². The maximum Gasteiger partial charge on any atom is 0.254 e. The van der Waals surface area contributed by atoms with Crippen molar-refractivity contribution in [1.82, 2.24) is 4.90 Å². The number of nitrogen functional groups attached to an aromatic ring is 1. The van der Waals surface area contributed by atoms with Crippen LogP contribution in [0.5, 0.6) is 0 Å². The smallest absolute Gasteiger partial charge is 0.254 e. The molecule has 1 amide bonds. The molecule has 1 aliphatic heterocycles. The number of anilines is 1. The van der Waals surface area contributed by atoms with E-state index in [-0.39, 0.29) is 17.8 Å². The van der Waals surface area contributed by atoms with E-state index < -0.39 is 23.2 Å². The molecule has 0 aromatic heterocycles. The van der Waals surface area contributed by atoms with Crippen LogP contribution in [0.25, 0.3) is 0 Å². The fraction of sp³-hybridized carbons (Fsp3) is 0.462. The number of rotatable bonds is 1. The molecule has 0 bridgehead atoms. The Morgan fingerprint density at radius 1 is 1.26 bits per heavy atom. The quantitative estimate of drug-likeness (QED) is 0.792. The monoisotopic (exact) mass is 270 g/mol. The average Bonchev–Trinajstić information content (AvgIpc) is 2.33. The Labute approximate surface area is 110 Å². The van der Waals surface area contributed by atoms with Crippen LogP contribution in [0.4, 0.5) is 14.5 Å². The molecule has 1 heterocycles. The topological polar surface area (TPSA) is 55.6 Å². The third kappa shape index (κ3) is 2.84. The second-order valence-electron chi connectivity index (χ2n) is 4.82. The zero-order chi connectivity index (χ0) is 14.2. The van der Waals surface area contributed by atoms with Crippen LogP contribution in [-0.4, -0.2) is 36.1 Å². The van der Waals surface area contributed by atoms with Gasteiger partial charge in [-0.2, -0.15) is 0 Å². The molecule has 4 nitrogen and oxygen atoms in total. The van der Waals surface area contributed by atoms with Gasteiger partial charge in [0.1, 0.15) is 17.3 Å². The highest BCUT2D eigenvalue weighted by molar-refractivity contribution is 5.94. The van der Waals surface area contributed by atoms with Gasteiger partial charge in [-0.3, -0.25) is 4.79 Å². The predicted octanol–water partition coefficient (Wildman–Crippen LogP) is 1.80. The first-order chi connectivity index (χ1) is 8.88. The van der Waals surface area contributed by atoms with Gasteiger partial charge in [-0.1, -0.05) is 0 Å². The van der Waals surface area contributed by atoms with Crippen LogP contribution in [0.15, 0.2) is 12.1 Å². The van der Waals surface area contributed by atoms with Gasteiger partial charge in [-0.05, 0) is 26.0 Å². The molecular formula is C13H16F2N2O2. The van der Waals surface area contributed by atoms with E-state index in [2.05, 4.69) is 0 Å². The summed E-state index contributed by atoms with van der Waals surface area (Å²) in [6, 6.07) is 1.93. The third-order valence-corrected chi connectivity index (χ3v) is 3.03. The Balaban J connectivity index is 2.24. The summed E-state index contributed by atoms with van der Waals surface area (Å²) in [6.45, 7) is 4.49. The largest absolute Gasteiger partial charge is 0.394 e. The molecule has 1 fully saturated rings. The second kappa shape index (κ2) is 5.13. The number of nitrogens with two attached hydrogens (primary N) is 1. The van der Waals surface area contributed by atoms with Crippen LogP contribution in [0.2, 0.25) is 0 Å². The molecular weight excluding hydrogens is 254 g/mol. The summed E-state index contributed by atoms with van der Waals surface area (Å²) in [7, 11) is 0. The van der Waals surface area contributed by atoms with Gasteiger partial charge >= 0.3 is 0 Å². The SMILES string of the molecule is C[C@@H]1CN(C(=O)c2cc(F)c(N)c(F)c2)C[C@H](C)O1. The van der Waals surface area contributed by atoms with Crippen molar-refractivity contribution in [2.45, 2.75) is 26.1 Å². The number of halogens is 2. The van der Waals surface area contributed by atoms with E-state index in [1.54, 1.807) is 0 Å². The lowest BCUT2D eigenvalue weighted by Gasteiger charge is -2.35. The molecule has 0 radical (unpaired) electrons. The first-order valence-electron chi connectivity index (χ1n) is 6.07. The van der Waals surface area contributed by atoms with Crippen molar-refractivity contribution in [3.63, 3.8) is 0 Å². The molecule has 0 aliphatic carbocycles. The van der Waals surface area contributed by atoms with Crippen molar-refractivity contribution in [2.24, 2.45) is 0 Å². The number of carbonyl (C=O) groups is 1. The number of hydrogen-bond donors (Lipinski definition) is 1. The molecule has 1 saturated heterocycles. The number of benzene rings is 1. The zero-order valence-electron chi connectivity index (χ0n) is 10.8. The lowest BCUT2D eigenvalue weighted by molar-refractivity contribution is -0.0586. The minimum atomic E-state index is -0.919. The van der Waals surface area contributed by atoms with Crippen molar-refractivity contribution in [3.8, 4) is 0 Å². The van der Waals surface area contributed by atoms with E-state index in [1.165, 1.54) is 4.90 Å². The summed E-state index contributed by atoms with van der Waals surface area (Å²) >= 11 is 0. The van der Waals surface area contributed by atoms with Crippen molar-refractivity contribution < 1.29 is 18.3 Å². The molecule has 1 aromatic rings. The molecule has 6 heteroatoms. The molecule has 1 aromatic carbocycles. The molecule has 104 valence electrons. The summed E-state index contributed by atoms with van der Waals surface area (Å²) in [5, 5.41) is 0. The number of amides is 1. The Morgan fingerprint density at radius 3 is 2.21 bits per heavy atom. The maximum absolute atomic E-state index is 13.4. The van der Waals surface area contributed by atoms with Crippen LogP contribution < -0.4 is 5.73 Å². The third-order valence-electron chi connectivity index (χ3n) is 3.03. The van der Waals surface area contributed by atoms with Gasteiger partial charge in [0.15, 0.2) is 0 Å². The summed E-state index contributed by atoms with van der Waals surface area (Å²) in [6.07, 6.45) is -0.202. The van der Waals surface area contributed by atoms with Crippen molar-refractivity contribution in [3.05, 3.63) is 29.3 Å². The Morgan fingerprint density at radius 2 is 1.74 bits per heavy atom. The highest BCUT2D eigenvalue weighted by Crippen LogP contribution is 2.20. The number of carbonyl (C=O) groups excluding carboxylic acids is 1. The first kappa shape index (κ1) is 13.7. The molecule has 19 heavy (non-hydrogen) atoms. The lowest BCUT2D eigenvalue weighted by Crippen LogP contribution is -2.48. The maximum atomic E-state index is 13.4. The van der Waals surface area contributed by atoms with E-state index in [0.717, 1.165) is 12.1 Å². The van der Waals surface area contributed by atoms with E-state index in [0.29, 0.717) is 13.1 Å². The lowest BCUT2D eigenvalue weighted by atomic mass is 10.1. The van der Waals surface area contributed by atoms with Gasteiger partial charge in [0, 0.05) is 18.7 Å². The fourth-order valence-corrected chi connectivity index (χ4v) is 2.23. The average molecular weight is 270 g/mol. The predicted molar refractivity (Wildman–Crippen MR) is 66.7 cm³/mol. The van der Waals surface area contributed by atoms with E-state index in [1.807, 2.05) is 13.8 Å². The number of ether oxygens (including phenoxy) is 1. The van der Waals surface area contributed by atoms with Gasteiger partial charge in [0.05, 0.1) is 12.2 Å². The fourth-order valence-electron chi connectivity index (χ4n) is 2.23. The minimum absolute atomic E-state index is 0.0366. The van der Waals surface area contributed by atoms with Crippen molar-refractivity contribution >= 4 is 11.6 Å². The minimum Gasteiger partial charge on any atom is -0.394 e. The Bertz CT molecular complexity index is 474. The standard InChI is InChI=1S/C13H16F2N2O2/c1-7-5-17(6-8(2)19-7)13(18)9-3-10(14)12(16)11(15)4-9/h3-4,7-8H,5-6,16H2,1-2H3/t7-,8+. The molecule has 2 atom stereocenters. The van der Waals surface area contributed by atoms with Crippen LogP contribution in [0.3, 0.4) is 0 Å². The second-order valence-corrected chi connectivity index (χ2v) is 4.82. The van der Waals surface area contributed by atoms with E-state index in [9.17, 15) is 13.6 Å². The highest BCUT2D eigenvalue weighted by Gasteiger charge is 2.27. The van der Waals surface area contributed by atoms with Crippen LogP contribution in [-0.2, 0) is 4.74 Å². The zero-order valence-corrected chi connectivity index (χ0v) is 10.8. The number of hydrogen-bond acceptors (Lipinski definition) is 3.